The Morgan fingerprint density at radius 2 is 1.48 bits per heavy atom. The normalized spacial score (nSPS) is 21.4. The SMILES string of the molecule is C#CC(CC)CC(C)CC.CC.CC.CCCC1CCCCCC1C. The van der Waals surface area contributed by atoms with Crippen molar-refractivity contribution in [1.29, 1.82) is 0 Å². The fourth-order valence-corrected chi connectivity index (χ4v) is 3.37. The van der Waals surface area contributed by atoms with Gasteiger partial charge < -0.3 is 0 Å². The van der Waals surface area contributed by atoms with Gasteiger partial charge in [-0.15, -0.1) is 12.3 Å². The Labute approximate surface area is 163 Å². The second-order valence-corrected chi connectivity index (χ2v) is 7.19. The molecule has 0 heterocycles. The van der Waals surface area contributed by atoms with E-state index in [0.717, 1.165) is 24.2 Å². The molecule has 4 atom stereocenters. The van der Waals surface area contributed by atoms with E-state index in [1.807, 2.05) is 27.7 Å². The predicted molar refractivity (Wildman–Crippen MR) is 120 cm³/mol. The Bertz CT molecular complexity index is 260. The van der Waals surface area contributed by atoms with E-state index >= 15 is 0 Å². The van der Waals surface area contributed by atoms with Crippen LogP contribution in [0.4, 0.5) is 0 Å². The summed E-state index contributed by atoms with van der Waals surface area (Å²) in [5.74, 6) is 6.19. The van der Waals surface area contributed by atoms with Crippen molar-refractivity contribution in [3.8, 4) is 12.3 Å². The van der Waals surface area contributed by atoms with Crippen LogP contribution < -0.4 is 0 Å². The first-order valence-electron chi connectivity index (χ1n) is 11.5. The lowest BCUT2D eigenvalue weighted by Gasteiger charge is -2.20. The highest BCUT2D eigenvalue weighted by atomic mass is 14.2. The van der Waals surface area contributed by atoms with Crippen LogP contribution in [0.25, 0.3) is 0 Å². The fraction of sp³-hybridized carbons (Fsp3) is 0.920. The predicted octanol–water partition coefficient (Wildman–Crippen LogP) is 9.14. The van der Waals surface area contributed by atoms with Gasteiger partial charge in [-0.3, -0.25) is 0 Å². The van der Waals surface area contributed by atoms with Crippen LogP contribution >= 0.6 is 0 Å². The van der Waals surface area contributed by atoms with Gasteiger partial charge in [0.1, 0.15) is 0 Å². The van der Waals surface area contributed by atoms with E-state index in [2.05, 4.69) is 40.5 Å². The molecule has 0 aromatic rings. The van der Waals surface area contributed by atoms with Crippen molar-refractivity contribution in [2.24, 2.45) is 23.7 Å². The van der Waals surface area contributed by atoms with Crippen LogP contribution in [0.3, 0.4) is 0 Å². The minimum absolute atomic E-state index is 0.509. The third-order valence-electron chi connectivity index (χ3n) is 5.31. The number of rotatable bonds is 6. The van der Waals surface area contributed by atoms with E-state index in [-0.39, 0.29) is 0 Å². The van der Waals surface area contributed by atoms with Crippen LogP contribution in [0.1, 0.15) is 127 Å². The highest BCUT2D eigenvalue weighted by molar-refractivity contribution is 4.92. The third-order valence-corrected chi connectivity index (χ3v) is 5.31. The van der Waals surface area contributed by atoms with Gasteiger partial charge in [0, 0.05) is 5.92 Å². The average Bonchev–Trinajstić information content (AvgIpc) is 2.88. The van der Waals surface area contributed by atoms with Gasteiger partial charge >= 0.3 is 0 Å². The van der Waals surface area contributed by atoms with Gasteiger partial charge in [-0.2, -0.15) is 0 Å². The van der Waals surface area contributed by atoms with Crippen molar-refractivity contribution in [3.63, 3.8) is 0 Å². The highest BCUT2D eigenvalue weighted by Crippen LogP contribution is 2.31. The van der Waals surface area contributed by atoms with Crippen molar-refractivity contribution in [1.82, 2.24) is 0 Å². The van der Waals surface area contributed by atoms with Gasteiger partial charge in [0.2, 0.25) is 0 Å². The molecule has 1 aliphatic rings. The van der Waals surface area contributed by atoms with Gasteiger partial charge in [-0.25, -0.2) is 0 Å². The second kappa shape index (κ2) is 23.6. The molecule has 1 fully saturated rings. The Morgan fingerprint density at radius 1 is 0.920 bits per heavy atom. The van der Waals surface area contributed by atoms with Crippen LogP contribution in [0.5, 0.6) is 0 Å². The van der Waals surface area contributed by atoms with Crippen LogP contribution in [0.2, 0.25) is 0 Å². The molecule has 0 aromatic carbocycles. The van der Waals surface area contributed by atoms with Crippen LogP contribution in [0.15, 0.2) is 0 Å². The van der Waals surface area contributed by atoms with E-state index < -0.39 is 0 Å². The van der Waals surface area contributed by atoms with Crippen LogP contribution in [-0.2, 0) is 0 Å². The van der Waals surface area contributed by atoms with Gasteiger partial charge in [0.05, 0.1) is 0 Å². The maximum absolute atomic E-state index is 5.34. The molecule has 1 aliphatic carbocycles. The summed E-state index contributed by atoms with van der Waals surface area (Å²) in [6.07, 6.45) is 19.2. The topological polar surface area (TPSA) is 0 Å². The quantitative estimate of drug-likeness (QED) is 0.330. The summed E-state index contributed by atoms with van der Waals surface area (Å²) >= 11 is 0. The molecule has 4 unspecified atom stereocenters. The summed E-state index contributed by atoms with van der Waals surface area (Å²) in [6.45, 7) is 19.4. The van der Waals surface area contributed by atoms with Crippen LogP contribution in [-0.4, -0.2) is 0 Å². The molecule has 0 radical (unpaired) electrons. The molecular weight excluding hydrogens is 300 g/mol. The zero-order valence-corrected chi connectivity index (χ0v) is 19.5. The standard InChI is InChI=1S/C11H22.C10H18.2C2H6/c1-3-7-11-9-6-4-5-8-10(11)2;1-5-9(4)8-10(6-2)7-3;2*1-2/h10-11H,3-9H2,1-2H3;2,9-10H,5,7-8H2,1,3-4H3;2*1-2H3. The molecule has 0 heteroatoms. The maximum atomic E-state index is 5.34. The Balaban J connectivity index is -0.000000324. The summed E-state index contributed by atoms with van der Waals surface area (Å²) in [7, 11) is 0. The summed E-state index contributed by atoms with van der Waals surface area (Å²) in [4.78, 5) is 0. The van der Waals surface area contributed by atoms with E-state index in [1.54, 1.807) is 0 Å². The molecule has 0 N–H and O–H groups in total. The smallest absolute Gasteiger partial charge is 0.0200 e. The van der Waals surface area contributed by atoms with Crippen molar-refractivity contribution >= 4 is 0 Å². The molecule has 1 saturated carbocycles. The molecule has 25 heavy (non-hydrogen) atoms. The number of hydrogen-bond acceptors (Lipinski definition) is 0. The lowest BCUT2D eigenvalue weighted by atomic mass is 9.86. The van der Waals surface area contributed by atoms with E-state index in [0.29, 0.717) is 5.92 Å². The van der Waals surface area contributed by atoms with E-state index in [4.69, 9.17) is 6.42 Å². The summed E-state index contributed by atoms with van der Waals surface area (Å²) < 4.78 is 0. The minimum Gasteiger partial charge on any atom is -0.120 e. The largest absolute Gasteiger partial charge is 0.120 e. The van der Waals surface area contributed by atoms with Gasteiger partial charge in [0.25, 0.3) is 0 Å². The first-order valence-corrected chi connectivity index (χ1v) is 11.5. The Hall–Kier alpha value is -0.440. The molecule has 0 bridgehead atoms. The molecule has 0 amide bonds. The van der Waals surface area contributed by atoms with E-state index in [1.165, 1.54) is 57.8 Å². The van der Waals surface area contributed by atoms with E-state index in [9.17, 15) is 0 Å². The van der Waals surface area contributed by atoms with Gasteiger partial charge in [0.15, 0.2) is 0 Å². The van der Waals surface area contributed by atoms with Crippen molar-refractivity contribution in [2.45, 2.75) is 127 Å². The molecule has 0 nitrogen and oxygen atoms in total. The number of terminal acetylenes is 1. The van der Waals surface area contributed by atoms with Crippen LogP contribution in [0, 0.1) is 36.0 Å². The molecule has 152 valence electrons. The zero-order valence-electron chi connectivity index (χ0n) is 19.5. The molecule has 1 rings (SSSR count). The van der Waals surface area contributed by atoms with Crippen molar-refractivity contribution in [2.75, 3.05) is 0 Å². The molecule has 0 aromatic heterocycles. The maximum Gasteiger partial charge on any atom is 0.0200 e. The average molecular weight is 353 g/mol. The Morgan fingerprint density at radius 3 is 1.92 bits per heavy atom. The monoisotopic (exact) mass is 352 g/mol. The highest BCUT2D eigenvalue weighted by Gasteiger charge is 2.18. The first kappa shape index (κ1) is 29.3. The van der Waals surface area contributed by atoms with Crippen molar-refractivity contribution in [3.05, 3.63) is 0 Å². The second-order valence-electron chi connectivity index (χ2n) is 7.19. The molecule has 0 spiro atoms. The minimum atomic E-state index is 0.509. The fourth-order valence-electron chi connectivity index (χ4n) is 3.37. The van der Waals surface area contributed by atoms with Gasteiger partial charge in [-0.05, 0) is 30.6 Å². The Kier molecular flexibility index (Phi) is 27.6. The summed E-state index contributed by atoms with van der Waals surface area (Å²) in [5, 5.41) is 0. The molecule has 0 aliphatic heterocycles. The zero-order chi connectivity index (χ0) is 20.1. The third kappa shape index (κ3) is 18.2. The summed E-state index contributed by atoms with van der Waals surface area (Å²) in [5.41, 5.74) is 0. The van der Waals surface area contributed by atoms with Gasteiger partial charge in [-0.1, -0.05) is 114 Å². The lowest BCUT2D eigenvalue weighted by molar-refractivity contribution is 0.315. The summed E-state index contributed by atoms with van der Waals surface area (Å²) in [6, 6.07) is 0. The molecular formula is C25H52. The lowest BCUT2D eigenvalue weighted by Crippen LogP contribution is -2.09. The number of hydrogen-bond donors (Lipinski definition) is 0. The van der Waals surface area contributed by atoms with Crippen molar-refractivity contribution < 1.29 is 0 Å². The first-order chi connectivity index (χ1) is 12.1. The molecule has 0 saturated heterocycles.